The van der Waals surface area contributed by atoms with E-state index in [1.807, 2.05) is 37.3 Å². The van der Waals surface area contributed by atoms with Crippen molar-refractivity contribution in [1.82, 2.24) is 0 Å². The van der Waals surface area contributed by atoms with Crippen molar-refractivity contribution in [3.63, 3.8) is 0 Å². The van der Waals surface area contributed by atoms with Crippen LogP contribution < -0.4 is 9.80 Å². The molecule has 0 aliphatic carbocycles. The van der Waals surface area contributed by atoms with E-state index >= 15 is 0 Å². The molecule has 0 bridgehead atoms. The fourth-order valence-electron chi connectivity index (χ4n) is 4.51. The molecule has 2 aliphatic heterocycles. The summed E-state index contributed by atoms with van der Waals surface area (Å²) in [5, 5.41) is 0. The van der Waals surface area contributed by atoms with Crippen molar-refractivity contribution in [2.45, 2.75) is 18.3 Å². The summed E-state index contributed by atoms with van der Waals surface area (Å²) >= 11 is 0. The Kier molecular flexibility index (Phi) is 4.27. The zero-order valence-corrected chi connectivity index (χ0v) is 17.7. The van der Waals surface area contributed by atoms with Gasteiger partial charge in [-0.1, -0.05) is 66.2 Å². The Bertz CT molecular complexity index is 1300. The van der Waals surface area contributed by atoms with Crippen molar-refractivity contribution < 1.29 is 18.0 Å². The Morgan fingerprint density at radius 3 is 2.23 bits per heavy atom. The number of fused-ring (bicyclic) bond motifs is 2. The number of carbonyl (C=O) groups is 2. The van der Waals surface area contributed by atoms with E-state index < -0.39 is 32.3 Å². The van der Waals surface area contributed by atoms with E-state index in [2.05, 4.69) is 0 Å². The topological polar surface area (TPSA) is 74.8 Å². The molecule has 2 aliphatic rings. The van der Waals surface area contributed by atoms with E-state index in [-0.39, 0.29) is 6.54 Å². The van der Waals surface area contributed by atoms with Gasteiger partial charge in [0.1, 0.15) is 5.75 Å². The highest BCUT2D eigenvalue weighted by atomic mass is 32.2. The maximum atomic E-state index is 14.0. The summed E-state index contributed by atoms with van der Waals surface area (Å²) in [6.45, 7) is 2.11. The summed E-state index contributed by atoms with van der Waals surface area (Å²) in [5.74, 6) is -1.93. The molecule has 1 saturated heterocycles. The van der Waals surface area contributed by atoms with Gasteiger partial charge < -0.3 is 4.90 Å². The first kappa shape index (κ1) is 19.5. The molecule has 0 N–H and O–H groups in total. The maximum absolute atomic E-state index is 14.0. The summed E-state index contributed by atoms with van der Waals surface area (Å²) < 4.78 is 27.0. The summed E-state index contributed by atoms with van der Waals surface area (Å²) in [7, 11) is -4.15. The molecule has 7 heteroatoms. The highest BCUT2D eigenvalue weighted by molar-refractivity contribution is 7.94. The Morgan fingerprint density at radius 2 is 1.52 bits per heavy atom. The largest absolute Gasteiger partial charge is 0.304 e. The third-order valence-corrected chi connectivity index (χ3v) is 8.00. The van der Waals surface area contributed by atoms with Gasteiger partial charge >= 0.3 is 0 Å². The third kappa shape index (κ3) is 2.66. The highest BCUT2D eigenvalue weighted by Gasteiger charge is 2.69. The van der Waals surface area contributed by atoms with Crippen LogP contribution in [-0.4, -0.2) is 26.0 Å². The number of carbonyl (C=O) groups excluding carboxylic acids is 2. The number of para-hydroxylation sites is 1. The molecule has 3 aromatic rings. The molecule has 5 rings (SSSR count). The van der Waals surface area contributed by atoms with E-state index in [0.717, 1.165) is 11.1 Å². The number of aryl methyl sites for hydroxylation is 1. The number of hydrogen-bond acceptors (Lipinski definition) is 4. The molecule has 0 aromatic heterocycles. The fourth-order valence-corrected chi connectivity index (χ4v) is 6.54. The van der Waals surface area contributed by atoms with Crippen LogP contribution in [0.15, 0.2) is 78.9 Å². The SMILES string of the molecule is Cc1ccc(N2C(=O)CS(=O)(=O)[C@@]23C(=O)N(Cc2ccccc2)c2ccccc23)cc1. The van der Waals surface area contributed by atoms with E-state index in [4.69, 9.17) is 0 Å². The third-order valence-electron chi connectivity index (χ3n) is 5.90. The summed E-state index contributed by atoms with van der Waals surface area (Å²) in [4.78, 5) is 27.5. The van der Waals surface area contributed by atoms with Crippen molar-refractivity contribution in [2.75, 3.05) is 15.6 Å². The number of rotatable bonds is 3. The molecule has 156 valence electrons. The van der Waals surface area contributed by atoms with Crippen LogP contribution in [0.25, 0.3) is 0 Å². The van der Waals surface area contributed by atoms with Gasteiger partial charge in [0.2, 0.25) is 5.91 Å². The Labute approximate surface area is 180 Å². The number of sulfone groups is 1. The van der Waals surface area contributed by atoms with Gasteiger partial charge in [0.25, 0.3) is 10.8 Å². The van der Waals surface area contributed by atoms with Gasteiger partial charge in [0.05, 0.1) is 12.2 Å². The predicted octanol–water partition coefficient (Wildman–Crippen LogP) is 3.16. The molecule has 0 unspecified atom stereocenters. The fraction of sp³-hybridized carbons (Fsp3) is 0.167. The van der Waals surface area contributed by atoms with Crippen LogP contribution in [0.4, 0.5) is 11.4 Å². The molecule has 3 aromatic carbocycles. The summed E-state index contributed by atoms with van der Waals surface area (Å²) in [6.07, 6.45) is 0. The Balaban J connectivity index is 1.75. The zero-order chi connectivity index (χ0) is 21.8. The number of benzene rings is 3. The standard InChI is InChI=1S/C24H20N2O4S/c1-17-11-13-19(14-12-17)26-22(27)16-31(29,30)24(26)20-9-5-6-10-21(20)25(23(24)28)15-18-7-3-2-4-8-18/h2-14H,15-16H2,1H3/t24-/m0/s1. The van der Waals surface area contributed by atoms with Crippen LogP contribution in [0, 0.1) is 6.92 Å². The van der Waals surface area contributed by atoms with Gasteiger partial charge in [0, 0.05) is 11.3 Å². The monoisotopic (exact) mass is 432 g/mol. The van der Waals surface area contributed by atoms with Gasteiger partial charge in [-0.2, -0.15) is 0 Å². The van der Waals surface area contributed by atoms with E-state index in [1.54, 1.807) is 48.5 Å². The molecule has 1 fully saturated rings. The van der Waals surface area contributed by atoms with E-state index in [9.17, 15) is 18.0 Å². The average molecular weight is 433 g/mol. The van der Waals surface area contributed by atoms with Crippen molar-refractivity contribution in [1.29, 1.82) is 0 Å². The molecular weight excluding hydrogens is 412 g/mol. The second kappa shape index (κ2) is 6.78. The van der Waals surface area contributed by atoms with Gasteiger partial charge in [-0.25, -0.2) is 8.42 Å². The van der Waals surface area contributed by atoms with Crippen molar-refractivity contribution in [2.24, 2.45) is 0 Å². The predicted molar refractivity (Wildman–Crippen MR) is 118 cm³/mol. The molecule has 0 saturated carbocycles. The lowest BCUT2D eigenvalue weighted by Crippen LogP contribution is -2.54. The molecule has 2 amide bonds. The minimum atomic E-state index is -4.15. The quantitative estimate of drug-likeness (QED) is 0.637. The molecule has 0 radical (unpaired) electrons. The maximum Gasteiger partial charge on any atom is 0.274 e. The normalized spacial score (nSPS) is 21.7. The van der Waals surface area contributed by atoms with Crippen LogP contribution >= 0.6 is 0 Å². The zero-order valence-electron chi connectivity index (χ0n) is 16.9. The second-order valence-electron chi connectivity index (χ2n) is 7.86. The molecule has 31 heavy (non-hydrogen) atoms. The van der Waals surface area contributed by atoms with Gasteiger partial charge in [-0.15, -0.1) is 0 Å². The lowest BCUT2D eigenvalue weighted by Gasteiger charge is -2.32. The molecule has 1 atom stereocenters. The van der Waals surface area contributed by atoms with E-state index in [0.29, 0.717) is 16.9 Å². The van der Waals surface area contributed by atoms with Crippen molar-refractivity contribution in [3.8, 4) is 0 Å². The number of amides is 2. The first-order valence-electron chi connectivity index (χ1n) is 9.94. The second-order valence-corrected chi connectivity index (χ2v) is 9.97. The Hall–Kier alpha value is -3.45. The minimum Gasteiger partial charge on any atom is -0.304 e. The van der Waals surface area contributed by atoms with Crippen LogP contribution in [-0.2, 0) is 30.8 Å². The molecule has 1 spiro atoms. The summed E-state index contributed by atoms with van der Waals surface area (Å²) in [6, 6.07) is 23.2. The van der Waals surface area contributed by atoms with Crippen LogP contribution in [0.3, 0.4) is 0 Å². The van der Waals surface area contributed by atoms with E-state index in [1.165, 1.54) is 9.80 Å². The number of hydrogen-bond donors (Lipinski definition) is 0. The van der Waals surface area contributed by atoms with Crippen molar-refractivity contribution >= 4 is 33.0 Å². The van der Waals surface area contributed by atoms with Gasteiger partial charge in [-0.3, -0.25) is 14.5 Å². The molecule has 6 nitrogen and oxygen atoms in total. The van der Waals surface area contributed by atoms with Crippen LogP contribution in [0.1, 0.15) is 16.7 Å². The lowest BCUT2D eigenvalue weighted by molar-refractivity contribution is -0.123. The summed E-state index contributed by atoms with van der Waals surface area (Å²) in [5.41, 5.74) is 3.05. The molecular formula is C24H20N2O4S. The number of nitrogens with zero attached hydrogens (tertiary/aromatic N) is 2. The molecule has 2 heterocycles. The Morgan fingerprint density at radius 1 is 0.871 bits per heavy atom. The van der Waals surface area contributed by atoms with Crippen LogP contribution in [0.5, 0.6) is 0 Å². The van der Waals surface area contributed by atoms with Crippen molar-refractivity contribution in [3.05, 3.63) is 95.6 Å². The lowest BCUT2D eigenvalue weighted by atomic mass is 10.0. The van der Waals surface area contributed by atoms with Crippen LogP contribution in [0.2, 0.25) is 0 Å². The minimum absolute atomic E-state index is 0.212. The average Bonchev–Trinajstić information content (AvgIpc) is 3.13. The first-order valence-corrected chi connectivity index (χ1v) is 11.6. The number of anilines is 2. The highest BCUT2D eigenvalue weighted by Crippen LogP contribution is 2.52. The first-order chi connectivity index (χ1) is 14.9. The van der Waals surface area contributed by atoms with Gasteiger partial charge in [0.15, 0.2) is 9.84 Å². The van der Waals surface area contributed by atoms with Gasteiger partial charge in [-0.05, 0) is 30.7 Å². The smallest absolute Gasteiger partial charge is 0.274 e.